The number of carbonyl (C=O) groups excluding carboxylic acids is 1. The van der Waals surface area contributed by atoms with E-state index < -0.39 is 12.1 Å². The lowest BCUT2D eigenvalue weighted by atomic mass is 10.3. The molecule has 0 fully saturated rings. The lowest BCUT2D eigenvalue weighted by molar-refractivity contribution is -0.147. The van der Waals surface area contributed by atoms with Crippen LogP contribution in [0.2, 0.25) is 0 Å². The smallest absolute Gasteiger partial charge is 0.334 e. The van der Waals surface area contributed by atoms with Crippen LogP contribution < -0.4 is 5.32 Å². The number of thiazole rings is 1. The molecule has 1 aromatic heterocycles. The standard InChI is InChI=1S/C11H16N2O4S/c1-3-4-9-12-6-8(18-9)10(14)13-5-7(17-2)11(15)16/h6-7H,3-5H2,1-2H3,(H,13,14)(H,15,16). The molecule has 1 unspecified atom stereocenters. The van der Waals surface area contributed by atoms with E-state index in [1.54, 1.807) is 0 Å². The number of carboxylic acid groups (broad SMARTS) is 1. The van der Waals surface area contributed by atoms with E-state index in [2.05, 4.69) is 10.3 Å². The van der Waals surface area contributed by atoms with Gasteiger partial charge in [0.05, 0.1) is 17.7 Å². The molecule has 0 saturated carbocycles. The summed E-state index contributed by atoms with van der Waals surface area (Å²) in [7, 11) is 1.29. The average Bonchev–Trinajstić information content (AvgIpc) is 2.78. The average molecular weight is 272 g/mol. The van der Waals surface area contributed by atoms with Gasteiger partial charge in [-0.2, -0.15) is 0 Å². The van der Waals surface area contributed by atoms with Crippen LogP contribution in [-0.4, -0.2) is 41.7 Å². The van der Waals surface area contributed by atoms with Crippen LogP contribution in [0.4, 0.5) is 0 Å². The molecule has 1 heterocycles. The number of aliphatic carboxylic acids is 1. The zero-order chi connectivity index (χ0) is 13.5. The molecule has 0 aliphatic heterocycles. The highest BCUT2D eigenvalue weighted by Crippen LogP contribution is 2.14. The van der Waals surface area contributed by atoms with Crippen molar-refractivity contribution >= 4 is 23.2 Å². The molecule has 0 aliphatic carbocycles. The Morgan fingerprint density at radius 2 is 2.33 bits per heavy atom. The summed E-state index contributed by atoms with van der Waals surface area (Å²) in [6.07, 6.45) is 2.29. The quantitative estimate of drug-likeness (QED) is 0.770. The summed E-state index contributed by atoms with van der Waals surface area (Å²) in [5.41, 5.74) is 0. The van der Waals surface area contributed by atoms with Crippen LogP contribution in [0.15, 0.2) is 6.20 Å². The summed E-state index contributed by atoms with van der Waals surface area (Å²) < 4.78 is 4.72. The number of nitrogens with zero attached hydrogens (tertiary/aromatic N) is 1. The minimum Gasteiger partial charge on any atom is -0.479 e. The summed E-state index contributed by atoms with van der Waals surface area (Å²) in [4.78, 5) is 27.0. The highest BCUT2D eigenvalue weighted by molar-refractivity contribution is 7.13. The molecule has 1 aromatic rings. The maximum Gasteiger partial charge on any atom is 0.334 e. The molecule has 0 radical (unpaired) electrons. The molecule has 0 aromatic carbocycles. The first kappa shape index (κ1) is 14.6. The Bertz CT molecular complexity index is 419. The second-order valence-corrected chi connectivity index (χ2v) is 4.76. The molecule has 6 nitrogen and oxygen atoms in total. The fourth-order valence-electron chi connectivity index (χ4n) is 1.29. The van der Waals surface area contributed by atoms with Crippen LogP contribution in [0, 0.1) is 0 Å². The predicted octanol–water partition coefficient (Wildman–Crippen LogP) is 0.925. The van der Waals surface area contributed by atoms with E-state index in [0.717, 1.165) is 17.8 Å². The number of aromatic nitrogens is 1. The highest BCUT2D eigenvalue weighted by Gasteiger charge is 2.18. The van der Waals surface area contributed by atoms with Gasteiger partial charge in [-0.15, -0.1) is 11.3 Å². The molecule has 2 N–H and O–H groups in total. The van der Waals surface area contributed by atoms with E-state index in [0.29, 0.717) is 4.88 Å². The van der Waals surface area contributed by atoms with Gasteiger partial charge in [-0.3, -0.25) is 4.79 Å². The number of amides is 1. The molecule has 1 rings (SSSR count). The third-order valence-corrected chi connectivity index (χ3v) is 3.31. The van der Waals surface area contributed by atoms with Crippen molar-refractivity contribution in [1.82, 2.24) is 10.3 Å². The van der Waals surface area contributed by atoms with Crippen molar-refractivity contribution < 1.29 is 19.4 Å². The topological polar surface area (TPSA) is 88.5 Å². The van der Waals surface area contributed by atoms with Crippen molar-refractivity contribution in [3.63, 3.8) is 0 Å². The van der Waals surface area contributed by atoms with Gasteiger partial charge in [0, 0.05) is 7.11 Å². The normalized spacial score (nSPS) is 12.1. The van der Waals surface area contributed by atoms with E-state index in [9.17, 15) is 9.59 Å². The predicted molar refractivity (Wildman–Crippen MR) is 66.9 cm³/mol. The number of nitrogens with one attached hydrogen (secondary N) is 1. The van der Waals surface area contributed by atoms with Gasteiger partial charge >= 0.3 is 5.97 Å². The number of hydrogen-bond donors (Lipinski definition) is 2. The van der Waals surface area contributed by atoms with Gasteiger partial charge in [0.2, 0.25) is 0 Å². The third kappa shape index (κ3) is 4.08. The molecule has 7 heteroatoms. The zero-order valence-electron chi connectivity index (χ0n) is 10.3. The first-order valence-corrected chi connectivity index (χ1v) is 6.38. The minimum atomic E-state index is -1.10. The second-order valence-electron chi connectivity index (χ2n) is 3.64. The molecule has 0 spiro atoms. The summed E-state index contributed by atoms with van der Waals surface area (Å²) in [6, 6.07) is 0. The van der Waals surface area contributed by atoms with Crippen molar-refractivity contribution in [2.75, 3.05) is 13.7 Å². The van der Waals surface area contributed by atoms with E-state index in [1.165, 1.54) is 24.6 Å². The first-order valence-electron chi connectivity index (χ1n) is 5.57. The van der Waals surface area contributed by atoms with E-state index in [1.807, 2.05) is 6.92 Å². The largest absolute Gasteiger partial charge is 0.479 e. The van der Waals surface area contributed by atoms with Gasteiger partial charge in [-0.1, -0.05) is 6.92 Å². The fourth-order valence-corrected chi connectivity index (χ4v) is 2.22. The van der Waals surface area contributed by atoms with Crippen LogP contribution in [-0.2, 0) is 16.0 Å². The van der Waals surface area contributed by atoms with Gasteiger partial charge in [0.1, 0.15) is 4.88 Å². The van der Waals surface area contributed by atoms with Crippen LogP contribution >= 0.6 is 11.3 Å². The second kappa shape index (κ2) is 7.07. The summed E-state index contributed by atoms with van der Waals surface area (Å²) in [5, 5.41) is 12.2. The molecule has 1 atom stereocenters. The van der Waals surface area contributed by atoms with Crippen LogP contribution in [0.1, 0.15) is 28.0 Å². The van der Waals surface area contributed by atoms with Gasteiger partial charge in [-0.05, 0) is 12.8 Å². The van der Waals surface area contributed by atoms with Gasteiger partial charge in [0.15, 0.2) is 6.10 Å². The summed E-state index contributed by atoms with van der Waals surface area (Å²) in [5.74, 6) is -1.42. The van der Waals surface area contributed by atoms with Crippen LogP contribution in [0.3, 0.4) is 0 Å². The van der Waals surface area contributed by atoms with Gasteiger partial charge in [0.25, 0.3) is 5.91 Å². The van der Waals surface area contributed by atoms with Gasteiger partial charge < -0.3 is 15.2 Å². The van der Waals surface area contributed by atoms with Crippen molar-refractivity contribution in [3.05, 3.63) is 16.1 Å². The number of methoxy groups -OCH3 is 1. The fraction of sp³-hybridized carbons (Fsp3) is 0.545. The van der Waals surface area contributed by atoms with Crippen molar-refractivity contribution in [2.45, 2.75) is 25.9 Å². The van der Waals surface area contributed by atoms with Crippen LogP contribution in [0.25, 0.3) is 0 Å². The van der Waals surface area contributed by atoms with E-state index in [4.69, 9.17) is 9.84 Å². The lowest BCUT2D eigenvalue weighted by Gasteiger charge is -2.10. The number of aryl methyl sites for hydroxylation is 1. The van der Waals surface area contributed by atoms with Crippen molar-refractivity contribution in [2.24, 2.45) is 0 Å². The number of rotatable bonds is 7. The van der Waals surface area contributed by atoms with E-state index in [-0.39, 0.29) is 12.5 Å². The Balaban J connectivity index is 2.51. The third-order valence-electron chi connectivity index (χ3n) is 2.25. The highest BCUT2D eigenvalue weighted by atomic mass is 32.1. The van der Waals surface area contributed by atoms with Crippen molar-refractivity contribution in [3.8, 4) is 0 Å². The SMILES string of the molecule is CCCc1ncc(C(=O)NCC(OC)C(=O)O)s1. The first-order chi connectivity index (χ1) is 8.58. The lowest BCUT2D eigenvalue weighted by Crippen LogP contribution is -2.37. The maximum absolute atomic E-state index is 11.7. The Morgan fingerprint density at radius 3 is 2.89 bits per heavy atom. The number of hydrogen-bond acceptors (Lipinski definition) is 5. The molecule has 0 saturated heterocycles. The molecule has 100 valence electrons. The van der Waals surface area contributed by atoms with Crippen molar-refractivity contribution in [1.29, 1.82) is 0 Å². The maximum atomic E-state index is 11.7. The number of carboxylic acids is 1. The minimum absolute atomic E-state index is 0.0638. The zero-order valence-corrected chi connectivity index (χ0v) is 11.1. The summed E-state index contributed by atoms with van der Waals surface area (Å²) >= 11 is 1.32. The Morgan fingerprint density at radius 1 is 1.61 bits per heavy atom. The Labute approximate surface area is 109 Å². The molecule has 0 aliphatic rings. The molecular weight excluding hydrogens is 256 g/mol. The Hall–Kier alpha value is -1.47. The monoisotopic (exact) mass is 272 g/mol. The number of carbonyl (C=O) groups is 2. The Kier molecular flexibility index (Phi) is 5.73. The summed E-state index contributed by atoms with van der Waals surface area (Å²) in [6.45, 7) is 1.98. The molecular formula is C11H16N2O4S. The molecule has 0 bridgehead atoms. The molecule has 1 amide bonds. The van der Waals surface area contributed by atoms with Gasteiger partial charge in [-0.25, -0.2) is 9.78 Å². The van der Waals surface area contributed by atoms with E-state index >= 15 is 0 Å². The number of ether oxygens (including phenoxy) is 1. The van der Waals surface area contributed by atoms with Crippen LogP contribution in [0.5, 0.6) is 0 Å². The molecule has 18 heavy (non-hydrogen) atoms.